The van der Waals surface area contributed by atoms with Crippen molar-refractivity contribution in [2.24, 2.45) is 0 Å². The van der Waals surface area contributed by atoms with Crippen molar-refractivity contribution in [1.82, 2.24) is 5.32 Å². The van der Waals surface area contributed by atoms with E-state index in [1.165, 1.54) is 30.2 Å². The summed E-state index contributed by atoms with van der Waals surface area (Å²) in [5, 5.41) is 13.4. The topological polar surface area (TPSA) is 111 Å². The number of ether oxygens (including phenoxy) is 2. The first-order valence-electron chi connectivity index (χ1n) is 10.4. The van der Waals surface area contributed by atoms with Gasteiger partial charge in [-0.25, -0.2) is 0 Å². The van der Waals surface area contributed by atoms with Crippen LogP contribution in [-0.2, 0) is 16.2 Å². The molecule has 35 heavy (non-hydrogen) atoms. The maximum Gasteiger partial charge on any atom is 0.270 e. The third-order valence-electron chi connectivity index (χ3n) is 5.16. The number of benzene rings is 3. The first-order valence-corrected chi connectivity index (χ1v) is 10.8. The molecule has 0 aliphatic carbocycles. The molecule has 1 heterocycles. The molecule has 2 amide bonds. The van der Waals surface area contributed by atoms with Crippen LogP contribution in [0.2, 0.25) is 0 Å². The molecule has 0 spiro atoms. The van der Waals surface area contributed by atoms with E-state index in [-0.39, 0.29) is 23.0 Å². The van der Waals surface area contributed by atoms with Crippen LogP contribution < -0.4 is 19.7 Å². The molecule has 0 saturated carbocycles. The lowest BCUT2D eigenvalue weighted by Gasteiger charge is -2.28. The van der Waals surface area contributed by atoms with Crippen LogP contribution in [0.3, 0.4) is 0 Å². The van der Waals surface area contributed by atoms with Crippen molar-refractivity contribution in [3.63, 3.8) is 0 Å². The zero-order valence-corrected chi connectivity index (χ0v) is 19.3. The summed E-state index contributed by atoms with van der Waals surface area (Å²) in [6, 6.07) is 19.8. The summed E-state index contributed by atoms with van der Waals surface area (Å²) in [6.07, 6.45) is 1.46. The minimum absolute atomic E-state index is 0.00314. The highest BCUT2D eigenvalue weighted by Crippen LogP contribution is 2.30. The van der Waals surface area contributed by atoms with Gasteiger partial charge in [-0.1, -0.05) is 24.3 Å². The molecule has 0 unspecified atom stereocenters. The van der Waals surface area contributed by atoms with Crippen LogP contribution in [-0.4, -0.2) is 29.0 Å². The Labute approximate surface area is 205 Å². The van der Waals surface area contributed by atoms with Gasteiger partial charge in [0.1, 0.15) is 12.2 Å². The van der Waals surface area contributed by atoms with Crippen molar-refractivity contribution in [1.29, 1.82) is 0 Å². The third kappa shape index (κ3) is 5.17. The Kier molecular flexibility index (Phi) is 6.83. The summed E-state index contributed by atoms with van der Waals surface area (Å²) in [4.78, 5) is 37.2. The number of anilines is 1. The van der Waals surface area contributed by atoms with E-state index in [0.29, 0.717) is 22.7 Å². The second-order valence-electron chi connectivity index (χ2n) is 7.42. The monoisotopic (exact) mass is 489 g/mol. The molecule has 4 rings (SSSR count). The van der Waals surface area contributed by atoms with E-state index in [9.17, 15) is 19.7 Å². The predicted octanol–water partition coefficient (Wildman–Crippen LogP) is 4.01. The van der Waals surface area contributed by atoms with Crippen LogP contribution in [0.15, 0.2) is 78.4 Å². The molecule has 10 heteroatoms. The molecular formula is C25H19N3O6S. The minimum atomic E-state index is -0.593. The van der Waals surface area contributed by atoms with Gasteiger partial charge in [0.2, 0.25) is 0 Å². The van der Waals surface area contributed by atoms with Gasteiger partial charge in [0.15, 0.2) is 16.6 Å². The number of hydrogen-bond donors (Lipinski definition) is 1. The van der Waals surface area contributed by atoms with Gasteiger partial charge in [-0.2, -0.15) is 0 Å². The van der Waals surface area contributed by atoms with E-state index >= 15 is 0 Å². The van der Waals surface area contributed by atoms with Crippen LogP contribution in [0.5, 0.6) is 11.5 Å². The summed E-state index contributed by atoms with van der Waals surface area (Å²) in [7, 11) is 1.47. The van der Waals surface area contributed by atoms with Gasteiger partial charge in [0.05, 0.1) is 17.7 Å². The number of carbonyl (C=O) groups is 2. The number of rotatable bonds is 7. The lowest BCUT2D eigenvalue weighted by Crippen LogP contribution is -2.54. The maximum absolute atomic E-state index is 13.1. The Bertz CT molecular complexity index is 1340. The fourth-order valence-electron chi connectivity index (χ4n) is 3.40. The number of thiocarbonyl (C=S) groups is 1. The number of nitro groups is 1. The average molecular weight is 490 g/mol. The van der Waals surface area contributed by atoms with Crippen molar-refractivity contribution < 1.29 is 24.0 Å². The maximum atomic E-state index is 13.1. The highest BCUT2D eigenvalue weighted by molar-refractivity contribution is 7.80. The Morgan fingerprint density at radius 2 is 1.74 bits per heavy atom. The van der Waals surface area contributed by atoms with Crippen molar-refractivity contribution in [3.8, 4) is 11.5 Å². The predicted molar refractivity (Wildman–Crippen MR) is 133 cm³/mol. The van der Waals surface area contributed by atoms with Crippen LogP contribution >= 0.6 is 12.2 Å². The highest BCUT2D eigenvalue weighted by Gasteiger charge is 2.34. The summed E-state index contributed by atoms with van der Waals surface area (Å²) in [6.45, 7) is 0.166. The number of hydrogen-bond acceptors (Lipinski definition) is 7. The minimum Gasteiger partial charge on any atom is -0.493 e. The summed E-state index contributed by atoms with van der Waals surface area (Å²) >= 11 is 5.20. The summed E-state index contributed by atoms with van der Waals surface area (Å²) in [5.74, 6) is -0.313. The molecule has 3 aromatic carbocycles. The highest BCUT2D eigenvalue weighted by atomic mass is 32.1. The van der Waals surface area contributed by atoms with E-state index in [1.807, 2.05) is 6.07 Å². The zero-order chi connectivity index (χ0) is 24.9. The average Bonchev–Trinajstić information content (AvgIpc) is 2.86. The van der Waals surface area contributed by atoms with E-state index in [0.717, 1.165) is 5.56 Å². The van der Waals surface area contributed by atoms with Gasteiger partial charge in [-0.15, -0.1) is 0 Å². The fraction of sp³-hybridized carbons (Fsp3) is 0.0800. The number of carbonyl (C=O) groups excluding carboxylic acids is 2. The molecule has 1 aliphatic heterocycles. The molecule has 0 bridgehead atoms. The van der Waals surface area contributed by atoms with Crippen LogP contribution in [0, 0.1) is 10.1 Å². The van der Waals surface area contributed by atoms with Crippen molar-refractivity contribution in [3.05, 3.63) is 99.6 Å². The number of non-ortho nitro benzene ring substituents is 1. The first kappa shape index (κ1) is 23.6. The fourth-order valence-corrected chi connectivity index (χ4v) is 3.68. The quantitative estimate of drug-likeness (QED) is 0.175. The molecule has 176 valence electrons. The van der Waals surface area contributed by atoms with E-state index in [2.05, 4.69) is 5.32 Å². The Hall–Kier alpha value is -4.57. The van der Waals surface area contributed by atoms with E-state index < -0.39 is 16.7 Å². The second kappa shape index (κ2) is 10.1. The Morgan fingerprint density at radius 1 is 1.03 bits per heavy atom. The molecule has 1 saturated heterocycles. The second-order valence-corrected chi connectivity index (χ2v) is 7.80. The number of para-hydroxylation sites is 1. The molecule has 3 aromatic rings. The van der Waals surface area contributed by atoms with Gasteiger partial charge in [0.25, 0.3) is 17.5 Å². The SMILES string of the molecule is COc1cc(/C=C2/C(=O)NC(=S)N(c3ccccc3)C2=O)ccc1OCc1ccc([N+](=O)[O-])cc1. The number of nitrogens with one attached hydrogen (secondary N) is 1. The standard InChI is InChI=1S/C25H19N3O6S/c1-33-22-14-17(9-12-21(22)34-15-16-7-10-19(11-8-16)28(31)32)13-20-23(29)26-25(35)27(24(20)30)18-5-3-2-4-6-18/h2-14H,15H2,1H3,(H,26,29,35)/b20-13-. The first-order chi connectivity index (χ1) is 16.9. The van der Waals surface area contributed by atoms with Gasteiger partial charge >= 0.3 is 0 Å². The lowest BCUT2D eigenvalue weighted by atomic mass is 10.1. The van der Waals surface area contributed by atoms with Crippen LogP contribution in [0.1, 0.15) is 11.1 Å². The third-order valence-corrected chi connectivity index (χ3v) is 5.44. The van der Waals surface area contributed by atoms with Gasteiger partial charge in [-0.05, 0) is 65.8 Å². The molecular weight excluding hydrogens is 470 g/mol. The van der Waals surface area contributed by atoms with E-state index in [1.54, 1.807) is 54.6 Å². The smallest absolute Gasteiger partial charge is 0.270 e. The Balaban J connectivity index is 1.55. The number of methoxy groups -OCH3 is 1. The van der Waals surface area contributed by atoms with E-state index in [4.69, 9.17) is 21.7 Å². The molecule has 1 N–H and O–H groups in total. The molecule has 9 nitrogen and oxygen atoms in total. The number of amides is 2. The molecule has 0 aromatic heterocycles. The summed E-state index contributed by atoms with van der Waals surface area (Å²) in [5.41, 5.74) is 1.75. The molecule has 0 radical (unpaired) electrons. The summed E-state index contributed by atoms with van der Waals surface area (Å²) < 4.78 is 11.2. The van der Waals surface area contributed by atoms with Gasteiger partial charge in [0, 0.05) is 12.1 Å². The van der Waals surface area contributed by atoms with Gasteiger partial charge in [-0.3, -0.25) is 29.9 Å². The molecule has 1 aliphatic rings. The number of nitro benzene ring substituents is 1. The molecule has 1 fully saturated rings. The van der Waals surface area contributed by atoms with Crippen molar-refractivity contribution in [2.45, 2.75) is 6.61 Å². The van der Waals surface area contributed by atoms with Crippen LogP contribution in [0.25, 0.3) is 6.08 Å². The zero-order valence-electron chi connectivity index (χ0n) is 18.5. The van der Waals surface area contributed by atoms with Crippen molar-refractivity contribution >= 4 is 46.6 Å². The molecule has 0 atom stereocenters. The largest absolute Gasteiger partial charge is 0.493 e. The Morgan fingerprint density at radius 3 is 2.40 bits per heavy atom. The number of nitrogens with zero attached hydrogens (tertiary/aromatic N) is 2. The van der Waals surface area contributed by atoms with Crippen LogP contribution in [0.4, 0.5) is 11.4 Å². The van der Waals surface area contributed by atoms with Crippen molar-refractivity contribution in [2.75, 3.05) is 12.0 Å². The lowest BCUT2D eigenvalue weighted by molar-refractivity contribution is -0.384. The normalized spacial score (nSPS) is 14.6. The van der Waals surface area contributed by atoms with Gasteiger partial charge < -0.3 is 9.47 Å².